The molecule has 0 radical (unpaired) electrons. The number of benzene rings is 6. The first-order valence-corrected chi connectivity index (χ1v) is 21.6. The lowest BCUT2D eigenvalue weighted by molar-refractivity contribution is 0.610. The monoisotopic (exact) mass is 805 g/mol. The number of aryl methyl sites for hydroxylation is 1. The van der Waals surface area contributed by atoms with Crippen LogP contribution in [0.5, 0.6) is 0 Å². The smallest absolute Gasteiger partial charge is 0.110 e. The summed E-state index contributed by atoms with van der Waals surface area (Å²) in [4.78, 5) is 4.92. The molecule has 0 aliphatic heterocycles. The lowest BCUT2D eigenvalue weighted by Crippen LogP contribution is -2.38. The molecule has 0 saturated carbocycles. The van der Waals surface area contributed by atoms with Crippen LogP contribution in [0.3, 0.4) is 0 Å². The van der Waals surface area contributed by atoms with Gasteiger partial charge in [0.05, 0.1) is 11.0 Å². The van der Waals surface area contributed by atoms with Crippen molar-refractivity contribution in [3.63, 3.8) is 0 Å². The minimum Gasteiger partial charge on any atom is -0.355 e. The molecule has 1 aliphatic carbocycles. The summed E-state index contributed by atoms with van der Waals surface area (Å²) in [7, 11) is 0. The number of anilines is 2. The van der Waals surface area contributed by atoms with Crippen LogP contribution in [0.15, 0.2) is 175 Å². The highest BCUT2D eigenvalue weighted by Gasteiger charge is 2.33. The molecule has 0 amide bonds. The molecular weight excluding hydrogens is 741 g/mol. The summed E-state index contributed by atoms with van der Waals surface area (Å²) in [5, 5.41) is 14.6. The molecule has 4 heteroatoms. The number of rotatable bonds is 9. The summed E-state index contributed by atoms with van der Waals surface area (Å²) in [5.74, 6) is 0. The zero-order valence-corrected chi connectivity index (χ0v) is 37.5. The van der Waals surface area contributed by atoms with Gasteiger partial charge in [-0.3, -0.25) is 4.99 Å². The quantitative estimate of drug-likeness (QED) is 0.111. The molecule has 1 unspecified atom stereocenters. The maximum atomic E-state index is 6.08. The van der Waals surface area contributed by atoms with Gasteiger partial charge in [0, 0.05) is 39.0 Å². The van der Waals surface area contributed by atoms with Gasteiger partial charge in [0.25, 0.3) is 0 Å². The summed E-state index contributed by atoms with van der Waals surface area (Å²) in [6.45, 7) is 24.8. The van der Waals surface area contributed by atoms with E-state index >= 15 is 0 Å². The van der Waals surface area contributed by atoms with Gasteiger partial charge in [0.15, 0.2) is 0 Å². The zero-order valence-electron chi connectivity index (χ0n) is 37.5. The number of allylic oxidation sites excluding steroid dienone is 5. The number of fused-ring (bicyclic) bond motifs is 4. The molecule has 6 aromatic carbocycles. The molecule has 1 aromatic heterocycles. The Bertz CT molecular complexity index is 2680. The molecule has 1 atom stereocenters. The molecule has 4 nitrogen and oxygen atoms in total. The molecule has 61 heavy (non-hydrogen) atoms. The van der Waals surface area contributed by atoms with Crippen LogP contribution in [0.25, 0.3) is 45.2 Å². The Hall–Kier alpha value is -6.78. The third-order valence-corrected chi connectivity index (χ3v) is 10.3. The van der Waals surface area contributed by atoms with E-state index in [-0.39, 0.29) is 0 Å². The summed E-state index contributed by atoms with van der Waals surface area (Å²) in [6.07, 6.45) is 14.5. The second kappa shape index (κ2) is 23.7. The molecule has 8 rings (SSSR count). The van der Waals surface area contributed by atoms with Crippen LogP contribution in [0.4, 0.5) is 11.4 Å². The lowest BCUT2D eigenvalue weighted by Gasteiger charge is -2.29. The number of hydrogen-bond donors (Lipinski definition) is 2. The Balaban J connectivity index is 0.000000510. The lowest BCUT2D eigenvalue weighted by atomic mass is 9.81. The minimum atomic E-state index is -0.674. The fourth-order valence-electron chi connectivity index (χ4n) is 7.52. The standard InChI is InChI=1S/C44H39N3.C7H8.C2H5N.2C2H6/c1-5-35(29-28-31(2)36-23-14-16-26-40(36)46-34-21-10-7-11-22-34)47-41-27-17-15-25-38(41)39-30-32-18-12-13-24-37(32)42(43(39)47)44(3,45-4)33-19-8-6-9-20-33;1-7-5-3-2-4-6-7;1-2-3;2*1-2/h5-11,14-30,46H,2,4,12-13H2,1,3H3;2-6H,1H3;2-3H,1H3;2*1-2H3/b29-28-,35-5+;;;;. The van der Waals surface area contributed by atoms with Crippen molar-refractivity contribution < 1.29 is 0 Å². The van der Waals surface area contributed by atoms with Crippen molar-refractivity contribution in [2.24, 2.45) is 4.99 Å². The first-order chi connectivity index (χ1) is 29.8. The molecule has 2 N–H and O–H groups in total. The van der Waals surface area contributed by atoms with Gasteiger partial charge < -0.3 is 15.3 Å². The van der Waals surface area contributed by atoms with Crippen molar-refractivity contribution >= 4 is 69.5 Å². The first-order valence-electron chi connectivity index (χ1n) is 21.6. The van der Waals surface area contributed by atoms with E-state index in [2.05, 4.69) is 184 Å². The molecule has 1 heterocycles. The molecule has 0 fully saturated rings. The Labute approximate surface area is 365 Å². The van der Waals surface area contributed by atoms with Crippen LogP contribution >= 0.6 is 0 Å². The van der Waals surface area contributed by atoms with Crippen LogP contribution in [0.2, 0.25) is 0 Å². The Morgan fingerprint density at radius 1 is 0.721 bits per heavy atom. The van der Waals surface area contributed by atoms with Gasteiger partial charge in [-0.05, 0) is 111 Å². The molecule has 7 aromatic rings. The van der Waals surface area contributed by atoms with E-state index in [0.29, 0.717) is 0 Å². The number of para-hydroxylation sites is 3. The van der Waals surface area contributed by atoms with E-state index in [9.17, 15) is 0 Å². The van der Waals surface area contributed by atoms with E-state index < -0.39 is 5.54 Å². The second-order valence-corrected chi connectivity index (χ2v) is 14.1. The number of aromatic nitrogens is 1. The van der Waals surface area contributed by atoms with Crippen molar-refractivity contribution in [3.8, 4) is 0 Å². The van der Waals surface area contributed by atoms with Crippen LogP contribution in [0.1, 0.15) is 83.6 Å². The number of aliphatic imine (C=N–C) groups is 1. The Kier molecular flexibility index (Phi) is 18.2. The third kappa shape index (κ3) is 11.1. The van der Waals surface area contributed by atoms with E-state index in [1.807, 2.05) is 64.1 Å². The van der Waals surface area contributed by atoms with Crippen LogP contribution in [0, 0.1) is 12.3 Å². The largest absolute Gasteiger partial charge is 0.355 e. The molecule has 0 saturated heterocycles. The highest BCUT2D eigenvalue weighted by atomic mass is 15.0. The average Bonchev–Trinajstić information content (AvgIpc) is 3.64. The van der Waals surface area contributed by atoms with Gasteiger partial charge in [0.2, 0.25) is 0 Å². The predicted octanol–water partition coefficient (Wildman–Crippen LogP) is 14.7. The Morgan fingerprint density at radius 3 is 1.89 bits per heavy atom. The van der Waals surface area contributed by atoms with E-state index in [0.717, 1.165) is 57.6 Å². The molecule has 0 spiro atoms. The van der Waals surface area contributed by atoms with Crippen LogP contribution in [-0.2, 0) is 5.54 Å². The number of nitrogens with zero attached hydrogens (tertiary/aromatic N) is 2. The number of hydrogen-bond acceptors (Lipinski definition) is 3. The SMILES string of the molecule is C=NC(C)(c1ccccc1)c1c2c(cc3c4ccccc4n(C(/C=C\C(=C)c4ccccc4Nc4ccccc4)=C/C)c13)=CCCC=2.CC.CC.CC=N.Cc1ccccc1. The maximum absolute atomic E-state index is 6.08. The van der Waals surface area contributed by atoms with Crippen molar-refractivity contribution in [3.05, 3.63) is 203 Å². The van der Waals surface area contributed by atoms with E-state index in [1.54, 1.807) is 6.92 Å². The van der Waals surface area contributed by atoms with Gasteiger partial charge in [0.1, 0.15) is 5.54 Å². The van der Waals surface area contributed by atoms with E-state index in [4.69, 9.17) is 10.4 Å². The molecule has 0 bridgehead atoms. The second-order valence-electron chi connectivity index (χ2n) is 14.1. The van der Waals surface area contributed by atoms with Crippen molar-refractivity contribution in [1.29, 1.82) is 5.41 Å². The molecular formula is C57H64N4. The van der Waals surface area contributed by atoms with Gasteiger partial charge in [-0.25, -0.2) is 0 Å². The first kappa shape index (κ1) is 46.9. The highest BCUT2D eigenvalue weighted by molar-refractivity contribution is 6.12. The topological polar surface area (TPSA) is 53.2 Å². The van der Waals surface area contributed by atoms with Gasteiger partial charge >= 0.3 is 0 Å². The van der Waals surface area contributed by atoms with Crippen LogP contribution < -0.4 is 15.8 Å². The number of nitrogens with one attached hydrogen (secondary N) is 2. The van der Waals surface area contributed by atoms with Crippen molar-refractivity contribution in [1.82, 2.24) is 4.57 Å². The predicted molar refractivity (Wildman–Crippen MR) is 272 cm³/mol. The Morgan fingerprint density at radius 2 is 1.28 bits per heavy atom. The molecule has 1 aliphatic rings. The van der Waals surface area contributed by atoms with E-state index in [1.165, 1.54) is 38.6 Å². The molecule has 312 valence electrons. The summed E-state index contributed by atoms with van der Waals surface area (Å²) in [6, 6.07) is 50.5. The van der Waals surface area contributed by atoms with Gasteiger partial charge in [-0.2, -0.15) is 0 Å². The highest BCUT2D eigenvalue weighted by Crippen LogP contribution is 2.40. The summed E-state index contributed by atoms with van der Waals surface area (Å²) >= 11 is 0. The van der Waals surface area contributed by atoms with Gasteiger partial charge in [-0.1, -0.05) is 179 Å². The zero-order chi connectivity index (χ0) is 44.2. The normalized spacial score (nSPS) is 12.4. The van der Waals surface area contributed by atoms with Crippen molar-refractivity contribution in [2.45, 2.75) is 73.8 Å². The van der Waals surface area contributed by atoms with Gasteiger partial charge in [-0.15, -0.1) is 0 Å². The fourth-order valence-corrected chi connectivity index (χ4v) is 7.52. The van der Waals surface area contributed by atoms with Crippen molar-refractivity contribution in [2.75, 3.05) is 5.32 Å². The third-order valence-electron chi connectivity index (χ3n) is 10.3. The summed E-state index contributed by atoms with van der Waals surface area (Å²) in [5.41, 5.74) is 10.4. The average molecular weight is 805 g/mol. The fraction of sp³-hybridized carbons (Fsp3) is 0.193. The maximum Gasteiger partial charge on any atom is 0.110 e. The van der Waals surface area contributed by atoms with Crippen LogP contribution in [-0.4, -0.2) is 17.5 Å². The minimum absolute atomic E-state index is 0.674. The summed E-state index contributed by atoms with van der Waals surface area (Å²) < 4.78 is 2.41.